The number of halogens is 1. The molecule has 0 spiro atoms. The molecule has 1 heterocycles. The molecule has 124 valence electrons. The lowest BCUT2D eigenvalue weighted by atomic mass is 10.1. The summed E-state index contributed by atoms with van der Waals surface area (Å²) in [4.78, 5) is 0. The van der Waals surface area contributed by atoms with Gasteiger partial charge in [0.15, 0.2) is 11.0 Å². The number of aliphatic hydroxyl groups excluding tert-OH is 1. The second-order valence-electron chi connectivity index (χ2n) is 5.29. The highest BCUT2D eigenvalue weighted by Gasteiger charge is 2.15. The first kappa shape index (κ1) is 16.7. The molecule has 1 unspecified atom stereocenters. The van der Waals surface area contributed by atoms with Gasteiger partial charge in [0, 0.05) is 17.9 Å². The summed E-state index contributed by atoms with van der Waals surface area (Å²) in [6.45, 7) is 2.78. The number of rotatable bonds is 6. The van der Waals surface area contributed by atoms with Crippen LogP contribution in [-0.2, 0) is 6.54 Å². The number of hydrogen-bond donors (Lipinski definition) is 1. The van der Waals surface area contributed by atoms with Gasteiger partial charge in [0.1, 0.15) is 5.82 Å². The number of hydrogen-bond acceptors (Lipinski definition) is 4. The summed E-state index contributed by atoms with van der Waals surface area (Å²) in [5.41, 5.74) is 1.70. The van der Waals surface area contributed by atoms with Crippen LogP contribution in [0.4, 0.5) is 4.39 Å². The minimum Gasteiger partial charge on any atom is -0.388 e. The van der Waals surface area contributed by atoms with Crippen molar-refractivity contribution in [1.82, 2.24) is 14.8 Å². The smallest absolute Gasteiger partial charge is 0.191 e. The Balaban J connectivity index is 1.74. The summed E-state index contributed by atoms with van der Waals surface area (Å²) in [7, 11) is 0. The maximum Gasteiger partial charge on any atom is 0.191 e. The average Bonchev–Trinajstić information content (AvgIpc) is 3.04. The zero-order valence-electron chi connectivity index (χ0n) is 13.3. The van der Waals surface area contributed by atoms with Crippen LogP contribution in [-0.4, -0.2) is 25.6 Å². The van der Waals surface area contributed by atoms with E-state index in [1.165, 1.54) is 23.9 Å². The molecule has 24 heavy (non-hydrogen) atoms. The Morgan fingerprint density at radius 1 is 1.08 bits per heavy atom. The van der Waals surface area contributed by atoms with Crippen molar-refractivity contribution >= 4 is 11.8 Å². The molecular weight excluding hydrogens is 325 g/mol. The van der Waals surface area contributed by atoms with Crippen molar-refractivity contribution in [1.29, 1.82) is 0 Å². The van der Waals surface area contributed by atoms with E-state index < -0.39 is 6.10 Å². The molecule has 3 aromatic rings. The van der Waals surface area contributed by atoms with Crippen molar-refractivity contribution < 1.29 is 9.50 Å². The van der Waals surface area contributed by atoms with Crippen LogP contribution in [0.25, 0.3) is 11.4 Å². The molecule has 6 heteroatoms. The third-order valence-corrected chi connectivity index (χ3v) is 4.73. The van der Waals surface area contributed by atoms with Crippen LogP contribution in [0.5, 0.6) is 0 Å². The summed E-state index contributed by atoms with van der Waals surface area (Å²) >= 11 is 1.44. The third-order valence-electron chi connectivity index (χ3n) is 3.69. The van der Waals surface area contributed by atoms with Crippen molar-refractivity contribution in [2.45, 2.75) is 24.7 Å². The highest BCUT2D eigenvalue weighted by atomic mass is 32.2. The van der Waals surface area contributed by atoms with Gasteiger partial charge < -0.3 is 9.67 Å². The molecule has 0 fully saturated rings. The molecule has 0 aliphatic heterocycles. The summed E-state index contributed by atoms with van der Waals surface area (Å²) in [6.07, 6.45) is -0.683. The van der Waals surface area contributed by atoms with E-state index in [1.807, 2.05) is 41.8 Å². The zero-order valence-corrected chi connectivity index (χ0v) is 14.1. The van der Waals surface area contributed by atoms with Crippen molar-refractivity contribution in [2.24, 2.45) is 0 Å². The van der Waals surface area contributed by atoms with E-state index >= 15 is 0 Å². The van der Waals surface area contributed by atoms with Crippen molar-refractivity contribution in [3.05, 3.63) is 66.0 Å². The number of benzene rings is 2. The summed E-state index contributed by atoms with van der Waals surface area (Å²) in [5.74, 6) is 0.937. The van der Waals surface area contributed by atoms with Crippen molar-refractivity contribution in [2.75, 3.05) is 5.75 Å². The van der Waals surface area contributed by atoms with Crippen LogP contribution >= 0.6 is 11.8 Å². The van der Waals surface area contributed by atoms with Crippen LogP contribution in [0.3, 0.4) is 0 Å². The largest absolute Gasteiger partial charge is 0.388 e. The summed E-state index contributed by atoms with van der Waals surface area (Å²) in [6, 6.07) is 15.8. The van der Waals surface area contributed by atoms with Gasteiger partial charge in [0.25, 0.3) is 0 Å². The molecule has 0 bridgehead atoms. The first-order valence-electron chi connectivity index (χ1n) is 7.74. The number of aromatic nitrogens is 3. The lowest BCUT2D eigenvalue weighted by Gasteiger charge is -2.11. The number of thioether (sulfide) groups is 1. The van der Waals surface area contributed by atoms with Crippen LogP contribution in [0.2, 0.25) is 0 Å². The van der Waals surface area contributed by atoms with Gasteiger partial charge >= 0.3 is 0 Å². The monoisotopic (exact) mass is 343 g/mol. The Morgan fingerprint density at radius 3 is 2.46 bits per heavy atom. The standard InChI is InChI=1S/C18H18FN3OS/c1-2-22-17(14-6-4-3-5-7-14)20-21-18(22)24-12-16(23)13-8-10-15(19)11-9-13/h3-11,16,23H,2,12H2,1H3. The summed E-state index contributed by atoms with van der Waals surface area (Å²) in [5, 5.41) is 19.5. The zero-order chi connectivity index (χ0) is 16.9. The van der Waals surface area contributed by atoms with E-state index in [0.717, 1.165) is 23.1 Å². The Kier molecular flexibility index (Phi) is 5.27. The van der Waals surface area contributed by atoms with E-state index in [1.54, 1.807) is 12.1 Å². The highest BCUT2D eigenvalue weighted by molar-refractivity contribution is 7.99. The fourth-order valence-corrected chi connectivity index (χ4v) is 3.39. The Morgan fingerprint density at radius 2 is 1.79 bits per heavy atom. The number of aliphatic hydroxyl groups is 1. The first-order valence-corrected chi connectivity index (χ1v) is 8.72. The molecule has 4 nitrogen and oxygen atoms in total. The van der Waals surface area contributed by atoms with Crippen molar-refractivity contribution in [3.8, 4) is 11.4 Å². The average molecular weight is 343 g/mol. The fourth-order valence-electron chi connectivity index (χ4n) is 2.42. The molecule has 3 rings (SSSR count). The molecule has 0 saturated carbocycles. The molecule has 0 saturated heterocycles. The molecule has 1 aromatic heterocycles. The quantitative estimate of drug-likeness (QED) is 0.689. The predicted octanol–water partition coefficient (Wildman–Crippen LogP) is 3.93. The van der Waals surface area contributed by atoms with E-state index in [0.29, 0.717) is 11.3 Å². The van der Waals surface area contributed by atoms with Gasteiger partial charge in [-0.3, -0.25) is 0 Å². The van der Waals surface area contributed by atoms with E-state index in [-0.39, 0.29) is 5.82 Å². The number of nitrogens with zero attached hydrogens (tertiary/aromatic N) is 3. The lowest BCUT2D eigenvalue weighted by Crippen LogP contribution is -2.04. The molecule has 1 N–H and O–H groups in total. The molecule has 0 aliphatic carbocycles. The lowest BCUT2D eigenvalue weighted by molar-refractivity contribution is 0.204. The minimum atomic E-state index is -0.683. The maximum atomic E-state index is 13.0. The van der Waals surface area contributed by atoms with Gasteiger partial charge in [-0.2, -0.15) is 0 Å². The van der Waals surface area contributed by atoms with Gasteiger partial charge in [-0.1, -0.05) is 54.2 Å². The van der Waals surface area contributed by atoms with Crippen LogP contribution in [0.15, 0.2) is 59.8 Å². The van der Waals surface area contributed by atoms with Crippen molar-refractivity contribution in [3.63, 3.8) is 0 Å². The Hall–Kier alpha value is -2.18. The van der Waals surface area contributed by atoms with Gasteiger partial charge in [0.05, 0.1) is 6.10 Å². The predicted molar refractivity (Wildman–Crippen MR) is 93.2 cm³/mol. The molecule has 1 atom stereocenters. The van der Waals surface area contributed by atoms with Gasteiger partial charge in [-0.25, -0.2) is 4.39 Å². The van der Waals surface area contributed by atoms with E-state index in [9.17, 15) is 9.50 Å². The Labute approximate surface area is 144 Å². The van der Waals surface area contributed by atoms with Gasteiger partial charge in [-0.15, -0.1) is 10.2 Å². The van der Waals surface area contributed by atoms with Gasteiger partial charge in [-0.05, 0) is 24.6 Å². The van der Waals surface area contributed by atoms with E-state index in [4.69, 9.17) is 0 Å². The molecular formula is C18H18FN3OS. The molecule has 2 aromatic carbocycles. The molecule has 0 amide bonds. The normalized spacial score (nSPS) is 12.3. The third kappa shape index (κ3) is 3.66. The topological polar surface area (TPSA) is 50.9 Å². The van der Waals surface area contributed by atoms with Crippen LogP contribution in [0, 0.1) is 5.82 Å². The minimum absolute atomic E-state index is 0.308. The molecule has 0 radical (unpaired) electrons. The second kappa shape index (κ2) is 7.59. The Bertz CT molecular complexity index is 790. The van der Waals surface area contributed by atoms with Crippen LogP contribution < -0.4 is 0 Å². The maximum absolute atomic E-state index is 13.0. The SMILES string of the molecule is CCn1c(SCC(O)c2ccc(F)cc2)nnc1-c1ccccc1. The fraction of sp³-hybridized carbons (Fsp3) is 0.222. The summed E-state index contributed by atoms with van der Waals surface area (Å²) < 4.78 is 15.0. The van der Waals surface area contributed by atoms with E-state index in [2.05, 4.69) is 10.2 Å². The highest BCUT2D eigenvalue weighted by Crippen LogP contribution is 2.27. The van der Waals surface area contributed by atoms with Crippen LogP contribution in [0.1, 0.15) is 18.6 Å². The molecule has 0 aliphatic rings. The first-order chi connectivity index (χ1) is 11.7. The van der Waals surface area contributed by atoms with Gasteiger partial charge in [0.2, 0.25) is 0 Å². The second-order valence-corrected chi connectivity index (χ2v) is 6.28.